The highest BCUT2D eigenvalue weighted by Gasteiger charge is 2.23. The predicted molar refractivity (Wildman–Crippen MR) is 59.9 cm³/mol. The van der Waals surface area contributed by atoms with Gasteiger partial charge in [-0.25, -0.2) is 0 Å². The second-order valence-electron chi connectivity index (χ2n) is 4.29. The van der Waals surface area contributed by atoms with E-state index in [1.165, 1.54) is 19.3 Å². The lowest BCUT2D eigenvalue weighted by Crippen LogP contribution is -2.15. The number of para-hydroxylation sites is 1. The maximum atomic E-state index is 10.1. The molecule has 2 nitrogen and oxygen atoms in total. The molecule has 0 aliphatic heterocycles. The van der Waals surface area contributed by atoms with E-state index in [1.54, 1.807) is 7.11 Å². The highest BCUT2D eigenvalue weighted by atomic mass is 16.5. The number of methoxy groups -OCH3 is 1. The van der Waals surface area contributed by atoms with Crippen LogP contribution in [-0.2, 0) is 0 Å². The Hall–Kier alpha value is -1.02. The second kappa shape index (κ2) is 4.67. The topological polar surface area (TPSA) is 29.5 Å². The summed E-state index contributed by atoms with van der Waals surface area (Å²) in [5.74, 6) is 1.51. The first-order valence-corrected chi connectivity index (χ1v) is 5.62. The van der Waals surface area contributed by atoms with Gasteiger partial charge in [-0.15, -0.1) is 0 Å². The van der Waals surface area contributed by atoms with Gasteiger partial charge in [-0.3, -0.25) is 0 Å². The van der Waals surface area contributed by atoms with Gasteiger partial charge in [0.1, 0.15) is 5.75 Å². The van der Waals surface area contributed by atoms with Crippen LogP contribution in [0.15, 0.2) is 24.3 Å². The number of hydrogen-bond donors (Lipinski definition) is 1. The summed E-state index contributed by atoms with van der Waals surface area (Å²) in [6, 6.07) is 7.72. The minimum atomic E-state index is -0.369. The molecule has 0 spiro atoms. The molecule has 0 aromatic heterocycles. The van der Waals surface area contributed by atoms with Crippen LogP contribution in [0.2, 0.25) is 0 Å². The lowest BCUT2D eigenvalue weighted by Gasteiger charge is -2.28. The largest absolute Gasteiger partial charge is 0.496 e. The fourth-order valence-corrected chi connectivity index (χ4v) is 2.11. The lowest BCUT2D eigenvalue weighted by atomic mass is 9.80. The van der Waals surface area contributed by atoms with Gasteiger partial charge in [-0.1, -0.05) is 37.5 Å². The molecular formula is C13H18O2. The summed E-state index contributed by atoms with van der Waals surface area (Å²) >= 11 is 0. The molecule has 0 heterocycles. The Kier molecular flexibility index (Phi) is 3.27. The van der Waals surface area contributed by atoms with E-state index < -0.39 is 0 Å². The molecule has 1 aliphatic carbocycles. The minimum Gasteiger partial charge on any atom is -0.496 e. The molecule has 2 rings (SSSR count). The van der Waals surface area contributed by atoms with Gasteiger partial charge in [-0.05, 0) is 18.4 Å². The van der Waals surface area contributed by atoms with Crippen LogP contribution in [0.3, 0.4) is 0 Å². The van der Waals surface area contributed by atoms with E-state index in [9.17, 15) is 5.11 Å². The maximum Gasteiger partial charge on any atom is 0.124 e. The Labute approximate surface area is 90.9 Å². The van der Waals surface area contributed by atoms with Crippen LogP contribution in [-0.4, -0.2) is 12.2 Å². The van der Waals surface area contributed by atoms with Crippen LogP contribution in [0.1, 0.15) is 37.4 Å². The van der Waals surface area contributed by atoms with E-state index in [4.69, 9.17) is 4.74 Å². The van der Waals surface area contributed by atoms with Crippen molar-refractivity contribution in [2.24, 2.45) is 5.92 Å². The molecule has 0 radical (unpaired) electrons. The summed E-state index contributed by atoms with van der Waals surface area (Å²) in [5.41, 5.74) is 0.923. The van der Waals surface area contributed by atoms with Crippen molar-refractivity contribution in [1.82, 2.24) is 0 Å². The average Bonchev–Trinajstić information content (AvgIpc) is 2.23. The van der Waals surface area contributed by atoms with Crippen molar-refractivity contribution in [2.45, 2.75) is 31.8 Å². The molecule has 82 valence electrons. The molecule has 0 saturated heterocycles. The van der Waals surface area contributed by atoms with E-state index in [2.05, 4.69) is 0 Å². The zero-order chi connectivity index (χ0) is 10.7. The van der Waals surface area contributed by atoms with Gasteiger partial charge in [0, 0.05) is 5.56 Å². The number of ether oxygens (including phenoxy) is 1. The molecule has 1 unspecified atom stereocenters. The third-order valence-corrected chi connectivity index (χ3v) is 3.28. The molecule has 1 aliphatic rings. The van der Waals surface area contributed by atoms with Gasteiger partial charge in [0.25, 0.3) is 0 Å². The van der Waals surface area contributed by atoms with E-state index >= 15 is 0 Å². The van der Waals surface area contributed by atoms with E-state index in [-0.39, 0.29) is 6.10 Å². The lowest BCUT2D eigenvalue weighted by molar-refractivity contribution is 0.116. The number of aliphatic hydroxyl groups excluding tert-OH is 1. The minimum absolute atomic E-state index is 0.369. The molecule has 2 heteroatoms. The van der Waals surface area contributed by atoms with Gasteiger partial charge < -0.3 is 9.84 Å². The van der Waals surface area contributed by atoms with Gasteiger partial charge in [0.2, 0.25) is 0 Å². The zero-order valence-corrected chi connectivity index (χ0v) is 9.15. The van der Waals surface area contributed by atoms with Gasteiger partial charge in [0.15, 0.2) is 0 Å². The van der Waals surface area contributed by atoms with Gasteiger partial charge in [0.05, 0.1) is 13.2 Å². The molecule has 1 aromatic carbocycles. The fourth-order valence-electron chi connectivity index (χ4n) is 2.11. The first-order valence-electron chi connectivity index (χ1n) is 5.62. The standard InChI is InChI=1S/C13H18O2/c1-15-13-8-3-2-7-11(13)12(14)9-10-5-4-6-10/h2-3,7-8,10,12,14H,4-6,9H2,1H3. The molecule has 1 N–H and O–H groups in total. The van der Waals surface area contributed by atoms with E-state index in [1.807, 2.05) is 24.3 Å². The van der Waals surface area contributed by atoms with Crippen LogP contribution in [0, 0.1) is 5.92 Å². The first kappa shape index (κ1) is 10.5. The third kappa shape index (κ3) is 2.32. The van der Waals surface area contributed by atoms with Crippen molar-refractivity contribution >= 4 is 0 Å². The van der Waals surface area contributed by atoms with E-state index in [0.717, 1.165) is 17.7 Å². The molecular weight excluding hydrogens is 188 g/mol. The van der Waals surface area contributed by atoms with Crippen molar-refractivity contribution in [1.29, 1.82) is 0 Å². The number of aliphatic hydroxyl groups is 1. The van der Waals surface area contributed by atoms with Crippen LogP contribution in [0.25, 0.3) is 0 Å². The summed E-state index contributed by atoms with van der Waals surface area (Å²) in [4.78, 5) is 0. The SMILES string of the molecule is COc1ccccc1C(O)CC1CCC1. The predicted octanol–water partition coefficient (Wildman–Crippen LogP) is 2.92. The Morgan fingerprint density at radius 3 is 2.73 bits per heavy atom. The molecule has 1 atom stereocenters. The zero-order valence-electron chi connectivity index (χ0n) is 9.15. The van der Waals surface area contributed by atoms with Gasteiger partial charge in [-0.2, -0.15) is 0 Å². The summed E-state index contributed by atoms with van der Waals surface area (Å²) in [5, 5.41) is 10.1. The monoisotopic (exact) mass is 206 g/mol. The van der Waals surface area contributed by atoms with Crippen molar-refractivity contribution in [3.05, 3.63) is 29.8 Å². The summed E-state index contributed by atoms with van der Waals surface area (Å²) in [6.07, 6.45) is 4.37. The summed E-state index contributed by atoms with van der Waals surface area (Å²) in [7, 11) is 1.65. The van der Waals surface area contributed by atoms with Crippen LogP contribution >= 0.6 is 0 Å². The number of benzene rings is 1. The van der Waals surface area contributed by atoms with Crippen LogP contribution in [0.5, 0.6) is 5.75 Å². The molecule has 0 bridgehead atoms. The molecule has 1 aromatic rings. The Balaban J connectivity index is 2.05. The first-order chi connectivity index (χ1) is 7.31. The van der Waals surface area contributed by atoms with Gasteiger partial charge >= 0.3 is 0 Å². The molecule has 1 fully saturated rings. The summed E-state index contributed by atoms with van der Waals surface area (Å²) in [6.45, 7) is 0. The normalized spacial score (nSPS) is 18.3. The van der Waals surface area contributed by atoms with Crippen molar-refractivity contribution < 1.29 is 9.84 Å². The van der Waals surface area contributed by atoms with E-state index in [0.29, 0.717) is 5.92 Å². The van der Waals surface area contributed by atoms with Crippen LogP contribution < -0.4 is 4.74 Å². The summed E-state index contributed by atoms with van der Waals surface area (Å²) < 4.78 is 5.24. The third-order valence-electron chi connectivity index (χ3n) is 3.28. The van der Waals surface area contributed by atoms with Crippen molar-refractivity contribution in [3.8, 4) is 5.75 Å². The Morgan fingerprint density at radius 1 is 1.40 bits per heavy atom. The fraction of sp³-hybridized carbons (Fsp3) is 0.538. The average molecular weight is 206 g/mol. The highest BCUT2D eigenvalue weighted by Crippen LogP contribution is 2.36. The maximum absolute atomic E-state index is 10.1. The van der Waals surface area contributed by atoms with Crippen LogP contribution in [0.4, 0.5) is 0 Å². The smallest absolute Gasteiger partial charge is 0.124 e. The number of hydrogen-bond acceptors (Lipinski definition) is 2. The Bertz CT molecular complexity index is 318. The second-order valence-corrected chi connectivity index (χ2v) is 4.29. The van der Waals surface area contributed by atoms with Crippen molar-refractivity contribution in [2.75, 3.05) is 7.11 Å². The quantitative estimate of drug-likeness (QED) is 0.820. The molecule has 15 heavy (non-hydrogen) atoms. The molecule has 0 amide bonds. The highest BCUT2D eigenvalue weighted by molar-refractivity contribution is 5.34. The molecule has 1 saturated carbocycles. The van der Waals surface area contributed by atoms with Crippen molar-refractivity contribution in [3.63, 3.8) is 0 Å². The number of rotatable bonds is 4. The Morgan fingerprint density at radius 2 is 2.13 bits per heavy atom.